The van der Waals surface area contributed by atoms with Crippen LogP contribution in [0, 0.1) is 0 Å². The first-order valence-electron chi connectivity index (χ1n) is 7.13. The van der Waals surface area contributed by atoms with E-state index in [2.05, 4.69) is 5.32 Å². The molecular weight excluding hydrogens is 304 g/mol. The first-order chi connectivity index (χ1) is 10.5. The second kappa shape index (κ2) is 7.22. The van der Waals surface area contributed by atoms with Crippen molar-refractivity contribution in [1.82, 2.24) is 0 Å². The standard InChI is InChI=1S/C15H18N2O4S/c1-2-21-15(20)13-9-5-3-4-6-10(9)22-14(13)17-12(19)8-7-11(16)18/h7-8H,2-6H2,1H3,(H2,16,18)(H,17,19). The van der Waals surface area contributed by atoms with E-state index in [1.54, 1.807) is 6.92 Å². The van der Waals surface area contributed by atoms with Crippen molar-refractivity contribution in [3.05, 3.63) is 28.2 Å². The van der Waals surface area contributed by atoms with Gasteiger partial charge in [0.15, 0.2) is 0 Å². The summed E-state index contributed by atoms with van der Waals surface area (Å²) in [4.78, 5) is 35.8. The van der Waals surface area contributed by atoms with Crippen molar-refractivity contribution in [3.8, 4) is 0 Å². The van der Waals surface area contributed by atoms with Crippen LogP contribution in [-0.4, -0.2) is 24.4 Å². The van der Waals surface area contributed by atoms with Gasteiger partial charge in [-0.2, -0.15) is 0 Å². The van der Waals surface area contributed by atoms with Gasteiger partial charge in [0, 0.05) is 17.0 Å². The summed E-state index contributed by atoms with van der Waals surface area (Å²) in [5, 5.41) is 3.12. The van der Waals surface area contributed by atoms with E-state index < -0.39 is 17.8 Å². The van der Waals surface area contributed by atoms with Gasteiger partial charge < -0.3 is 15.8 Å². The Bertz CT molecular complexity index is 634. The Morgan fingerprint density at radius 2 is 2.00 bits per heavy atom. The van der Waals surface area contributed by atoms with Crippen LogP contribution in [0.25, 0.3) is 0 Å². The Morgan fingerprint density at radius 3 is 2.68 bits per heavy atom. The maximum Gasteiger partial charge on any atom is 0.341 e. The minimum Gasteiger partial charge on any atom is -0.462 e. The fourth-order valence-corrected chi connectivity index (χ4v) is 3.66. The van der Waals surface area contributed by atoms with Crippen molar-refractivity contribution < 1.29 is 19.1 Å². The van der Waals surface area contributed by atoms with E-state index in [0.717, 1.165) is 48.3 Å². The van der Waals surface area contributed by atoms with Gasteiger partial charge in [-0.25, -0.2) is 4.79 Å². The van der Waals surface area contributed by atoms with Crippen molar-refractivity contribution in [1.29, 1.82) is 0 Å². The van der Waals surface area contributed by atoms with Gasteiger partial charge in [-0.1, -0.05) is 0 Å². The zero-order chi connectivity index (χ0) is 16.1. The number of thiophene rings is 1. The highest BCUT2D eigenvalue weighted by molar-refractivity contribution is 7.17. The highest BCUT2D eigenvalue weighted by Gasteiger charge is 2.26. The topological polar surface area (TPSA) is 98.5 Å². The number of ether oxygens (including phenoxy) is 1. The van der Waals surface area contributed by atoms with Crippen molar-refractivity contribution in [2.45, 2.75) is 32.6 Å². The minimum absolute atomic E-state index is 0.276. The quantitative estimate of drug-likeness (QED) is 0.637. The SMILES string of the molecule is CCOC(=O)c1c(NC(=O)C=CC(N)=O)sc2c1CCCC2. The van der Waals surface area contributed by atoms with Crippen LogP contribution < -0.4 is 11.1 Å². The fraction of sp³-hybridized carbons (Fsp3) is 0.400. The van der Waals surface area contributed by atoms with Crippen LogP contribution in [0.3, 0.4) is 0 Å². The highest BCUT2D eigenvalue weighted by Crippen LogP contribution is 2.38. The molecule has 22 heavy (non-hydrogen) atoms. The summed E-state index contributed by atoms with van der Waals surface area (Å²) < 4.78 is 5.10. The molecule has 0 aliphatic heterocycles. The number of carbonyl (C=O) groups excluding carboxylic acids is 3. The van der Waals surface area contributed by atoms with Gasteiger partial charge in [0.25, 0.3) is 0 Å². The lowest BCUT2D eigenvalue weighted by Crippen LogP contribution is -2.15. The first kappa shape index (κ1) is 16.2. The maximum atomic E-state index is 12.2. The fourth-order valence-electron chi connectivity index (χ4n) is 2.38. The van der Waals surface area contributed by atoms with Crippen LogP contribution in [0.15, 0.2) is 12.2 Å². The third-order valence-corrected chi connectivity index (χ3v) is 4.49. The Morgan fingerprint density at radius 1 is 1.27 bits per heavy atom. The smallest absolute Gasteiger partial charge is 0.341 e. The zero-order valence-electron chi connectivity index (χ0n) is 12.3. The zero-order valence-corrected chi connectivity index (χ0v) is 13.1. The molecule has 1 aliphatic rings. The summed E-state index contributed by atoms with van der Waals surface area (Å²) >= 11 is 1.40. The lowest BCUT2D eigenvalue weighted by Gasteiger charge is -2.12. The predicted molar refractivity (Wildman–Crippen MR) is 83.9 cm³/mol. The van der Waals surface area contributed by atoms with E-state index in [1.165, 1.54) is 11.3 Å². The third-order valence-electron chi connectivity index (χ3n) is 3.29. The second-order valence-corrected chi connectivity index (χ2v) is 5.97. The number of carbonyl (C=O) groups is 3. The number of esters is 1. The number of hydrogen-bond donors (Lipinski definition) is 2. The lowest BCUT2D eigenvalue weighted by atomic mass is 9.95. The van der Waals surface area contributed by atoms with Gasteiger partial charge in [-0.3, -0.25) is 9.59 Å². The van der Waals surface area contributed by atoms with Gasteiger partial charge in [0.1, 0.15) is 5.00 Å². The molecule has 2 amide bonds. The molecule has 0 atom stereocenters. The number of primary amides is 1. The molecule has 3 N–H and O–H groups in total. The number of amides is 2. The molecule has 1 heterocycles. The molecule has 0 radical (unpaired) electrons. The summed E-state index contributed by atoms with van der Waals surface area (Å²) in [6.07, 6.45) is 5.84. The van der Waals surface area contributed by atoms with Crippen molar-refractivity contribution in [2.24, 2.45) is 5.73 Å². The molecule has 0 fully saturated rings. The average Bonchev–Trinajstić information content (AvgIpc) is 2.83. The highest BCUT2D eigenvalue weighted by atomic mass is 32.1. The molecule has 1 aromatic rings. The minimum atomic E-state index is -0.703. The second-order valence-electron chi connectivity index (χ2n) is 4.86. The molecule has 0 aromatic carbocycles. The van der Waals surface area contributed by atoms with Crippen molar-refractivity contribution >= 4 is 34.1 Å². The number of aryl methyl sites for hydroxylation is 1. The van der Waals surface area contributed by atoms with Crippen LogP contribution in [0.1, 0.15) is 40.6 Å². The maximum absolute atomic E-state index is 12.2. The molecule has 1 aliphatic carbocycles. The molecule has 7 heteroatoms. The average molecular weight is 322 g/mol. The van der Waals surface area contributed by atoms with Gasteiger partial charge >= 0.3 is 5.97 Å². The van der Waals surface area contributed by atoms with Crippen LogP contribution >= 0.6 is 11.3 Å². The number of nitrogens with two attached hydrogens (primary N) is 1. The van der Waals surface area contributed by atoms with Gasteiger partial charge in [-0.15, -0.1) is 11.3 Å². The molecular formula is C15H18N2O4S. The van der Waals surface area contributed by atoms with Gasteiger partial charge in [0.2, 0.25) is 11.8 Å². The summed E-state index contributed by atoms with van der Waals surface area (Å²) in [6, 6.07) is 0. The molecule has 0 saturated carbocycles. The molecule has 2 rings (SSSR count). The van der Waals surface area contributed by atoms with E-state index in [0.29, 0.717) is 10.6 Å². The van der Waals surface area contributed by atoms with Crippen LogP contribution in [0.2, 0.25) is 0 Å². The predicted octanol–water partition coefficient (Wildman–Crippen LogP) is 1.78. The van der Waals surface area contributed by atoms with E-state index >= 15 is 0 Å². The van der Waals surface area contributed by atoms with E-state index in [1.807, 2.05) is 0 Å². The molecule has 0 unspecified atom stereocenters. The lowest BCUT2D eigenvalue weighted by molar-refractivity contribution is -0.115. The van der Waals surface area contributed by atoms with Gasteiger partial charge in [-0.05, 0) is 38.2 Å². The largest absolute Gasteiger partial charge is 0.462 e. The Balaban J connectivity index is 2.29. The molecule has 1 aromatic heterocycles. The van der Waals surface area contributed by atoms with Crippen molar-refractivity contribution in [3.63, 3.8) is 0 Å². The Kier molecular flexibility index (Phi) is 5.32. The monoisotopic (exact) mass is 322 g/mol. The molecule has 0 spiro atoms. The number of hydrogen-bond acceptors (Lipinski definition) is 5. The van der Waals surface area contributed by atoms with E-state index in [-0.39, 0.29) is 6.61 Å². The van der Waals surface area contributed by atoms with Crippen LogP contribution in [-0.2, 0) is 27.2 Å². The number of fused-ring (bicyclic) bond motifs is 1. The Labute approximate surface area is 132 Å². The summed E-state index contributed by atoms with van der Waals surface area (Å²) in [6.45, 7) is 2.02. The molecule has 0 saturated heterocycles. The first-order valence-corrected chi connectivity index (χ1v) is 7.94. The third kappa shape index (κ3) is 3.73. The number of nitrogens with one attached hydrogen (secondary N) is 1. The van der Waals surface area contributed by atoms with Gasteiger partial charge in [0.05, 0.1) is 12.2 Å². The number of rotatable bonds is 5. The molecule has 6 nitrogen and oxygen atoms in total. The Hall–Kier alpha value is -2.15. The molecule has 118 valence electrons. The summed E-state index contributed by atoms with van der Waals surface area (Å²) in [7, 11) is 0. The van der Waals surface area contributed by atoms with E-state index in [4.69, 9.17) is 10.5 Å². The van der Waals surface area contributed by atoms with Crippen LogP contribution in [0.4, 0.5) is 5.00 Å². The van der Waals surface area contributed by atoms with Crippen molar-refractivity contribution in [2.75, 3.05) is 11.9 Å². The van der Waals surface area contributed by atoms with Crippen LogP contribution in [0.5, 0.6) is 0 Å². The summed E-state index contributed by atoms with van der Waals surface area (Å²) in [5.74, 6) is -1.62. The van der Waals surface area contributed by atoms with E-state index in [9.17, 15) is 14.4 Å². The normalized spacial score (nSPS) is 13.7. The summed E-state index contributed by atoms with van der Waals surface area (Å²) in [5.41, 5.74) is 6.38. The molecule has 0 bridgehead atoms. The number of anilines is 1.